The zero-order valence-corrected chi connectivity index (χ0v) is 18.5. The van der Waals surface area contributed by atoms with Gasteiger partial charge in [-0.25, -0.2) is 13.5 Å². The van der Waals surface area contributed by atoms with Gasteiger partial charge in [0.1, 0.15) is 29.2 Å². The number of carbonyl (C=O) groups is 1. The van der Waals surface area contributed by atoms with Crippen molar-refractivity contribution < 1.29 is 18.3 Å². The maximum atomic E-state index is 14.1. The Hall–Kier alpha value is -3.92. The molecule has 1 amide bonds. The molecule has 1 aromatic heterocycles. The molecule has 0 saturated carbocycles. The van der Waals surface area contributed by atoms with Crippen LogP contribution in [0.5, 0.6) is 5.75 Å². The highest BCUT2D eigenvalue weighted by Crippen LogP contribution is 2.38. The SMILES string of the molecule is O=C(Nc1ccccc1F)[C@@H]1Sc2nnc(COc3ccccc3)n2N[C@H]1c1ccc(F)cc1. The standard InChI is InChI=1S/C24H19F2N5O2S/c25-16-12-10-15(11-13-16)21-22(23(32)27-19-9-5-4-8-18(19)26)34-24-29-28-20(31(24)30-21)14-33-17-6-2-1-3-7-17/h1-13,21-22,30H,14H2,(H,27,32)/t21-,22+/m0/s1. The molecule has 0 spiro atoms. The van der Waals surface area contributed by atoms with Gasteiger partial charge in [-0.15, -0.1) is 10.2 Å². The van der Waals surface area contributed by atoms with Crippen molar-refractivity contribution in [2.75, 3.05) is 10.7 Å². The zero-order valence-electron chi connectivity index (χ0n) is 17.7. The molecule has 172 valence electrons. The maximum absolute atomic E-state index is 14.1. The number of rotatable bonds is 6. The number of hydrogen-bond acceptors (Lipinski definition) is 6. The predicted molar refractivity (Wildman–Crippen MR) is 124 cm³/mol. The Morgan fingerprint density at radius 1 is 1.00 bits per heavy atom. The molecule has 1 aliphatic heterocycles. The summed E-state index contributed by atoms with van der Waals surface area (Å²) in [5.41, 5.74) is 4.02. The first kappa shape index (κ1) is 21.9. The average molecular weight is 480 g/mol. The fourth-order valence-corrected chi connectivity index (χ4v) is 4.64. The Morgan fingerprint density at radius 2 is 1.74 bits per heavy atom. The molecule has 7 nitrogen and oxygen atoms in total. The van der Waals surface area contributed by atoms with Gasteiger partial charge in [0.2, 0.25) is 11.1 Å². The van der Waals surface area contributed by atoms with Crippen LogP contribution < -0.4 is 15.5 Å². The molecule has 0 saturated heterocycles. The van der Waals surface area contributed by atoms with E-state index in [9.17, 15) is 13.6 Å². The number of thioether (sulfide) groups is 1. The van der Waals surface area contributed by atoms with Crippen LogP contribution >= 0.6 is 11.8 Å². The van der Waals surface area contributed by atoms with Gasteiger partial charge in [0.05, 0.1) is 11.7 Å². The van der Waals surface area contributed by atoms with Crippen LogP contribution in [0.3, 0.4) is 0 Å². The van der Waals surface area contributed by atoms with Gasteiger partial charge in [0.25, 0.3) is 0 Å². The van der Waals surface area contributed by atoms with Gasteiger partial charge < -0.3 is 15.5 Å². The van der Waals surface area contributed by atoms with Crippen LogP contribution in [-0.4, -0.2) is 26.0 Å². The number of amides is 1. The highest BCUT2D eigenvalue weighted by Gasteiger charge is 2.38. The van der Waals surface area contributed by atoms with E-state index in [0.717, 1.165) is 0 Å². The first-order valence-electron chi connectivity index (χ1n) is 10.4. The van der Waals surface area contributed by atoms with Crippen LogP contribution in [0.1, 0.15) is 17.4 Å². The summed E-state index contributed by atoms with van der Waals surface area (Å²) in [6.07, 6.45) is 0. The molecule has 5 rings (SSSR count). The second-order valence-electron chi connectivity index (χ2n) is 7.50. The van der Waals surface area contributed by atoms with Crippen molar-refractivity contribution in [1.82, 2.24) is 14.9 Å². The lowest BCUT2D eigenvalue weighted by Gasteiger charge is -2.33. The quantitative estimate of drug-likeness (QED) is 0.423. The summed E-state index contributed by atoms with van der Waals surface area (Å²) < 4.78 is 35.2. The molecule has 2 N–H and O–H groups in total. The van der Waals surface area contributed by atoms with E-state index >= 15 is 0 Å². The van der Waals surface area contributed by atoms with Crippen molar-refractivity contribution in [2.24, 2.45) is 0 Å². The second kappa shape index (κ2) is 9.52. The Balaban J connectivity index is 1.43. The maximum Gasteiger partial charge on any atom is 0.240 e. The van der Waals surface area contributed by atoms with Crippen LogP contribution in [0.25, 0.3) is 0 Å². The number of fused-ring (bicyclic) bond motifs is 1. The minimum absolute atomic E-state index is 0.0787. The summed E-state index contributed by atoms with van der Waals surface area (Å²) in [4.78, 5) is 13.2. The molecular formula is C24H19F2N5O2S. The number of anilines is 1. The van der Waals surface area contributed by atoms with Crippen LogP contribution in [-0.2, 0) is 11.4 Å². The van der Waals surface area contributed by atoms with Crippen molar-refractivity contribution in [3.8, 4) is 5.75 Å². The highest BCUT2D eigenvalue weighted by molar-refractivity contribution is 8.00. The van der Waals surface area contributed by atoms with E-state index in [1.165, 1.54) is 36.0 Å². The average Bonchev–Trinajstić information content (AvgIpc) is 3.26. The molecule has 4 aromatic rings. The summed E-state index contributed by atoms with van der Waals surface area (Å²) in [5.74, 6) is -0.159. The second-order valence-corrected chi connectivity index (χ2v) is 8.61. The monoisotopic (exact) mass is 479 g/mol. The molecular weight excluding hydrogens is 460 g/mol. The van der Waals surface area contributed by atoms with E-state index in [-0.39, 0.29) is 18.1 Å². The summed E-state index contributed by atoms with van der Waals surface area (Å²) in [5, 5.41) is 10.8. The lowest BCUT2D eigenvalue weighted by Crippen LogP contribution is -2.41. The number of hydrogen-bond donors (Lipinski definition) is 2. The minimum atomic E-state index is -0.732. The highest BCUT2D eigenvalue weighted by atomic mass is 32.2. The van der Waals surface area contributed by atoms with Gasteiger partial charge in [-0.05, 0) is 42.0 Å². The summed E-state index contributed by atoms with van der Waals surface area (Å²) in [6, 6.07) is 20.5. The van der Waals surface area contributed by atoms with Crippen molar-refractivity contribution in [1.29, 1.82) is 0 Å². The topological polar surface area (TPSA) is 81.1 Å². The Kier molecular flexibility index (Phi) is 6.13. The molecule has 10 heteroatoms. The van der Waals surface area contributed by atoms with Crippen LogP contribution in [0.4, 0.5) is 14.5 Å². The largest absolute Gasteiger partial charge is 0.486 e. The number of carbonyl (C=O) groups excluding carboxylic acids is 1. The Morgan fingerprint density at radius 3 is 2.50 bits per heavy atom. The fourth-order valence-electron chi connectivity index (χ4n) is 3.54. The zero-order chi connectivity index (χ0) is 23.5. The molecule has 0 aliphatic carbocycles. The first-order valence-corrected chi connectivity index (χ1v) is 11.3. The van der Waals surface area contributed by atoms with Crippen molar-refractivity contribution in [3.63, 3.8) is 0 Å². The van der Waals surface area contributed by atoms with E-state index in [2.05, 4.69) is 20.9 Å². The van der Waals surface area contributed by atoms with Gasteiger partial charge in [-0.1, -0.05) is 54.2 Å². The van der Waals surface area contributed by atoms with Crippen molar-refractivity contribution in [3.05, 3.63) is 102 Å². The molecule has 2 heterocycles. The lowest BCUT2D eigenvalue weighted by atomic mass is 10.0. The lowest BCUT2D eigenvalue weighted by molar-refractivity contribution is -0.116. The third kappa shape index (κ3) is 4.58. The van der Waals surface area contributed by atoms with Crippen LogP contribution in [0.2, 0.25) is 0 Å². The summed E-state index contributed by atoms with van der Waals surface area (Å²) >= 11 is 1.18. The van der Waals surface area contributed by atoms with Gasteiger partial charge in [-0.2, -0.15) is 0 Å². The number of ether oxygens (including phenoxy) is 1. The molecule has 3 aromatic carbocycles. The fraction of sp³-hybridized carbons (Fsp3) is 0.125. The van der Waals surface area contributed by atoms with Gasteiger partial charge in [0, 0.05) is 0 Å². The van der Waals surface area contributed by atoms with E-state index < -0.39 is 23.0 Å². The molecule has 0 bridgehead atoms. The number of para-hydroxylation sites is 2. The molecule has 0 unspecified atom stereocenters. The molecule has 34 heavy (non-hydrogen) atoms. The van der Waals surface area contributed by atoms with Crippen molar-refractivity contribution in [2.45, 2.75) is 23.1 Å². The van der Waals surface area contributed by atoms with Crippen molar-refractivity contribution >= 4 is 23.4 Å². The number of nitrogens with zero attached hydrogens (tertiary/aromatic N) is 3. The van der Waals surface area contributed by atoms with E-state index in [0.29, 0.717) is 22.3 Å². The predicted octanol–water partition coefficient (Wildman–Crippen LogP) is 4.53. The van der Waals surface area contributed by atoms with E-state index in [4.69, 9.17) is 4.74 Å². The molecule has 0 radical (unpaired) electrons. The molecule has 2 atom stereocenters. The normalized spacial score (nSPS) is 16.9. The molecule has 0 fully saturated rings. The van der Waals surface area contributed by atoms with Crippen LogP contribution in [0.15, 0.2) is 84.0 Å². The number of benzene rings is 3. The van der Waals surface area contributed by atoms with Gasteiger partial charge in [0.15, 0.2) is 5.82 Å². The van der Waals surface area contributed by atoms with E-state index in [1.54, 1.807) is 28.9 Å². The number of halogens is 2. The Bertz CT molecular complexity index is 1300. The van der Waals surface area contributed by atoms with Gasteiger partial charge >= 0.3 is 0 Å². The summed E-state index contributed by atoms with van der Waals surface area (Å²) in [7, 11) is 0. The van der Waals surface area contributed by atoms with Gasteiger partial charge in [-0.3, -0.25) is 4.79 Å². The first-order chi connectivity index (χ1) is 16.6. The third-order valence-electron chi connectivity index (χ3n) is 5.23. The molecule has 1 aliphatic rings. The number of nitrogens with one attached hydrogen (secondary N) is 2. The third-order valence-corrected chi connectivity index (χ3v) is 6.45. The van der Waals surface area contributed by atoms with Crippen LogP contribution in [0, 0.1) is 11.6 Å². The minimum Gasteiger partial charge on any atom is -0.486 e. The Labute approximate surface area is 198 Å². The number of aromatic nitrogens is 3. The smallest absolute Gasteiger partial charge is 0.240 e. The van der Waals surface area contributed by atoms with E-state index in [1.807, 2.05) is 30.3 Å². The summed E-state index contributed by atoms with van der Waals surface area (Å²) in [6.45, 7) is 0.146.